The first-order valence-corrected chi connectivity index (χ1v) is 10.5. The number of esters is 1. The van der Waals surface area contributed by atoms with E-state index in [1.807, 2.05) is 0 Å². The lowest BCUT2D eigenvalue weighted by atomic mass is 10.1. The number of carbonyl (C=O) groups excluding carboxylic acids is 2. The number of hydrogen-bond acceptors (Lipinski definition) is 6. The second-order valence-corrected chi connectivity index (χ2v) is 7.63. The molecule has 6 nitrogen and oxygen atoms in total. The van der Waals surface area contributed by atoms with E-state index in [2.05, 4.69) is 16.8 Å². The summed E-state index contributed by atoms with van der Waals surface area (Å²) < 4.78 is 19.6. The van der Waals surface area contributed by atoms with E-state index < -0.39 is 11.8 Å². The summed E-state index contributed by atoms with van der Waals surface area (Å²) >= 11 is 1.20. The Morgan fingerprint density at radius 3 is 2.93 bits per heavy atom. The van der Waals surface area contributed by atoms with Gasteiger partial charge in [0.15, 0.2) is 5.13 Å². The van der Waals surface area contributed by atoms with Crippen molar-refractivity contribution >= 4 is 40.1 Å². The largest absolute Gasteiger partial charge is 0.458 e. The fourth-order valence-electron chi connectivity index (χ4n) is 3.25. The number of para-hydroxylation sites is 1. The van der Waals surface area contributed by atoms with E-state index in [-0.39, 0.29) is 17.7 Å². The van der Waals surface area contributed by atoms with Gasteiger partial charge in [0.2, 0.25) is 5.91 Å². The Kier molecular flexibility index (Phi) is 7.11. The van der Waals surface area contributed by atoms with Crippen LogP contribution in [0, 0.1) is 5.82 Å². The van der Waals surface area contributed by atoms with Gasteiger partial charge in [0.05, 0.1) is 11.4 Å². The van der Waals surface area contributed by atoms with Crippen LogP contribution in [0.15, 0.2) is 35.7 Å². The van der Waals surface area contributed by atoms with Gasteiger partial charge in [0.25, 0.3) is 0 Å². The van der Waals surface area contributed by atoms with Gasteiger partial charge in [-0.3, -0.25) is 14.6 Å². The van der Waals surface area contributed by atoms with Gasteiger partial charge < -0.3 is 4.74 Å². The maximum absolute atomic E-state index is 14.1. The topological polar surface area (TPSA) is 62.7 Å². The predicted octanol–water partition coefficient (Wildman–Crippen LogP) is 4.01. The van der Waals surface area contributed by atoms with Crippen LogP contribution in [0.2, 0.25) is 0 Å². The minimum Gasteiger partial charge on any atom is -0.458 e. The van der Waals surface area contributed by atoms with E-state index >= 15 is 0 Å². The lowest BCUT2D eigenvalue weighted by Crippen LogP contribution is -2.40. The molecule has 1 saturated heterocycles. The molecule has 0 bridgehead atoms. The number of aromatic nitrogens is 1. The smallest absolute Gasteiger partial charge is 0.331 e. The second kappa shape index (κ2) is 9.76. The van der Waals surface area contributed by atoms with E-state index in [1.165, 1.54) is 41.4 Å². The second-order valence-electron chi connectivity index (χ2n) is 6.79. The quantitative estimate of drug-likeness (QED) is 0.525. The molecule has 29 heavy (non-hydrogen) atoms. The summed E-state index contributed by atoms with van der Waals surface area (Å²) in [7, 11) is 0. The van der Waals surface area contributed by atoms with Gasteiger partial charge in [0, 0.05) is 24.9 Å². The summed E-state index contributed by atoms with van der Waals surface area (Å²) in [5.41, 5.74) is 0.644. The molecule has 1 unspecified atom stereocenters. The molecule has 1 atom stereocenters. The van der Waals surface area contributed by atoms with Crippen molar-refractivity contribution in [1.82, 2.24) is 9.88 Å². The molecule has 0 N–H and O–H groups in total. The molecule has 8 heteroatoms. The molecule has 1 fully saturated rings. The third-order valence-corrected chi connectivity index (χ3v) is 5.54. The molecule has 1 aliphatic rings. The van der Waals surface area contributed by atoms with E-state index in [4.69, 9.17) is 4.74 Å². The number of halogens is 1. The normalized spacial score (nSPS) is 17.4. The average Bonchev–Trinajstić information content (AvgIpc) is 3.16. The molecule has 1 aromatic carbocycles. The molecule has 1 aliphatic heterocycles. The van der Waals surface area contributed by atoms with Crippen molar-refractivity contribution in [3.05, 3.63) is 47.2 Å². The number of anilines is 2. The highest BCUT2D eigenvalue weighted by molar-refractivity contribution is 7.14. The molecule has 1 aromatic heterocycles. The molecule has 2 aromatic rings. The number of likely N-dealkylation sites (tertiary alicyclic amines) is 1. The molecule has 0 radical (unpaired) electrons. The molecule has 2 heterocycles. The van der Waals surface area contributed by atoms with Crippen molar-refractivity contribution < 1.29 is 18.7 Å². The monoisotopic (exact) mass is 417 g/mol. The number of rotatable bonds is 6. The maximum Gasteiger partial charge on any atom is 0.331 e. The first-order chi connectivity index (χ1) is 14.0. The fourth-order valence-corrected chi connectivity index (χ4v) is 4.10. The number of amides is 1. The maximum atomic E-state index is 14.1. The first-order valence-electron chi connectivity index (χ1n) is 9.59. The fraction of sp³-hybridized carbons (Fsp3) is 0.381. The van der Waals surface area contributed by atoms with Gasteiger partial charge in [-0.15, -0.1) is 11.3 Å². The third-order valence-electron chi connectivity index (χ3n) is 4.69. The van der Waals surface area contributed by atoms with E-state index in [9.17, 15) is 14.0 Å². The minimum atomic E-state index is -0.507. The number of nitrogens with zero attached hydrogens (tertiary/aromatic N) is 3. The number of benzene rings is 1. The minimum absolute atomic E-state index is 0.0962. The Morgan fingerprint density at radius 2 is 2.21 bits per heavy atom. The molecular weight excluding hydrogens is 393 g/mol. The lowest BCUT2D eigenvalue weighted by molar-refractivity contribution is -0.145. The first kappa shape index (κ1) is 21.1. The molecule has 0 spiro atoms. The Morgan fingerprint density at radius 1 is 1.41 bits per heavy atom. The number of ether oxygens (including phenoxy) is 1. The van der Waals surface area contributed by atoms with Gasteiger partial charge in [-0.1, -0.05) is 19.1 Å². The van der Waals surface area contributed by atoms with Crippen LogP contribution in [0.4, 0.5) is 15.2 Å². The van der Waals surface area contributed by atoms with Gasteiger partial charge >= 0.3 is 5.97 Å². The van der Waals surface area contributed by atoms with Gasteiger partial charge in [-0.2, -0.15) is 0 Å². The summed E-state index contributed by atoms with van der Waals surface area (Å²) in [6, 6.07) is 6.03. The third kappa shape index (κ3) is 5.48. The molecule has 154 valence electrons. The van der Waals surface area contributed by atoms with Crippen LogP contribution in [0.3, 0.4) is 0 Å². The molecule has 0 aliphatic carbocycles. The molecule has 0 saturated carbocycles. The van der Waals surface area contributed by atoms with Crippen LogP contribution in [0.25, 0.3) is 6.08 Å². The summed E-state index contributed by atoms with van der Waals surface area (Å²) in [5, 5.41) is 2.04. The van der Waals surface area contributed by atoms with Crippen molar-refractivity contribution in [1.29, 1.82) is 0 Å². The van der Waals surface area contributed by atoms with E-state index in [1.54, 1.807) is 23.6 Å². The summed E-state index contributed by atoms with van der Waals surface area (Å²) in [4.78, 5) is 32.0. The number of thiazole rings is 1. The van der Waals surface area contributed by atoms with Crippen molar-refractivity contribution in [3.8, 4) is 0 Å². The highest BCUT2D eigenvalue weighted by atomic mass is 32.1. The standard InChI is InChI=1S/C21H24FN3O3S/c1-3-24-12-6-7-17(13-24)28-20(27)11-10-16-14-29-21(23-16)25(15(2)26)19-9-5-4-8-18(19)22/h4-5,8-11,14,17H,3,6-7,12-13H2,1-2H3/b11-10+. The average molecular weight is 418 g/mol. The number of carbonyl (C=O) groups is 2. The predicted molar refractivity (Wildman–Crippen MR) is 112 cm³/mol. The SMILES string of the molecule is CCN1CCCC(OC(=O)/C=C/c2csc(N(C(C)=O)c3ccccc3F)n2)C1. The van der Waals surface area contributed by atoms with Crippen molar-refractivity contribution in [2.45, 2.75) is 32.8 Å². The Bertz CT molecular complexity index is 899. The van der Waals surface area contributed by atoms with Gasteiger partial charge in [-0.25, -0.2) is 14.2 Å². The summed E-state index contributed by atoms with van der Waals surface area (Å²) in [6.07, 6.45) is 4.67. The number of likely N-dealkylation sites (N-methyl/N-ethyl adjacent to an activating group) is 1. The van der Waals surface area contributed by atoms with Crippen molar-refractivity contribution in [3.63, 3.8) is 0 Å². The van der Waals surface area contributed by atoms with Gasteiger partial charge in [0.1, 0.15) is 11.9 Å². The zero-order valence-electron chi connectivity index (χ0n) is 16.5. The molecular formula is C21H24FN3O3S. The van der Waals surface area contributed by atoms with Crippen LogP contribution in [-0.2, 0) is 14.3 Å². The zero-order chi connectivity index (χ0) is 20.8. The van der Waals surface area contributed by atoms with E-state index in [0.29, 0.717) is 10.8 Å². The van der Waals surface area contributed by atoms with Crippen LogP contribution in [0.5, 0.6) is 0 Å². The lowest BCUT2D eigenvalue weighted by Gasteiger charge is -2.31. The molecule has 1 amide bonds. The van der Waals surface area contributed by atoms with E-state index in [0.717, 1.165) is 32.5 Å². The number of hydrogen-bond donors (Lipinski definition) is 0. The Hall–Kier alpha value is -2.58. The van der Waals surface area contributed by atoms with Crippen LogP contribution in [-0.4, -0.2) is 47.5 Å². The Labute approximate surface area is 173 Å². The summed E-state index contributed by atoms with van der Waals surface area (Å²) in [6.45, 7) is 6.18. The molecule has 3 rings (SSSR count). The highest BCUT2D eigenvalue weighted by Gasteiger charge is 2.22. The van der Waals surface area contributed by atoms with Crippen LogP contribution >= 0.6 is 11.3 Å². The Balaban J connectivity index is 1.66. The van der Waals surface area contributed by atoms with Crippen molar-refractivity contribution in [2.75, 3.05) is 24.5 Å². The van der Waals surface area contributed by atoms with Crippen LogP contribution < -0.4 is 4.90 Å². The number of piperidine rings is 1. The summed E-state index contributed by atoms with van der Waals surface area (Å²) in [5.74, 6) is -1.27. The van der Waals surface area contributed by atoms with Crippen molar-refractivity contribution in [2.24, 2.45) is 0 Å². The highest BCUT2D eigenvalue weighted by Crippen LogP contribution is 2.31. The van der Waals surface area contributed by atoms with Crippen LogP contribution in [0.1, 0.15) is 32.4 Å². The zero-order valence-corrected chi connectivity index (χ0v) is 17.3. The van der Waals surface area contributed by atoms with Gasteiger partial charge in [-0.05, 0) is 44.1 Å².